The minimum atomic E-state index is -0.353. The summed E-state index contributed by atoms with van der Waals surface area (Å²) >= 11 is 3.55. The molecule has 0 atom stereocenters. The normalized spacial score (nSPS) is 11.3. The van der Waals surface area contributed by atoms with E-state index in [-0.39, 0.29) is 26.9 Å². The Balaban J connectivity index is 0.00000372. The first kappa shape index (κ1) is 32.1. The van der Waals surface area contributed by atoms with Gasteiger partial charge in [0.2, 0.25) is 0 Å². The Morgan fingerprint density at radius 2 is 1.54 bits per heavy atom. The molecule has 0 N–H and O–H groups in total. The maximum atomic E-state index is 14.2. The molecule has 0 bridgehead atoms. The van der Waals surface area contributed by atoms with E-state index in [0.29, 0.717) is 17.3 Å². The van der Waals surface area contributed by atoms with Gasteiger partial charge < -0.3 is 9.30 Å². The van der Waals surface area contributed by atoms with Gasteiger partial charge >= 0.3 is 21.1 Å². The van der Waals surface area contributed by atoms with Gasteiger partial charge in [0, 0.05) is 56.4 Å². The van der Waals surface area contributed by atoms with Crippen LogP contribution in [0.5, 0.6) is 11.5 Å². The van der Waals surface area contributed by atoms with Gasteiger partial charge in [0.15, 0.2) is 0 Å². The number of benzene rings is 4. The van der Waals surface area contributed by atoms with Crippen LogP contribution in [0.3, 0.4) is 0 Å². The van der Waals surface area contributed by atoms with E-state index in [4.69, 9.17) is 9.84 Å². The van der Waals surface area contributed by atoms with Crippen LogP contribution < -0.4 is 4.74 Å². The number of pyridine rings is 1. The summed E-state index contributed by atoms with van der Waals surface area (Å²) in [7, 11) is 0. The summed E-state index contributed by atoms with van der Waals surface area (Å²) in [5.74, 6) is 1.17. The molecule has 0 unspecified atom stereocenters. The first-order chi connectivity index (χ1) is 21.9. The standard InChI is InChI=1S/C37H29FN4OS2.Pt/c1-22-23(2)36(44-4)35(37(45-5)24(22)3)25-20-40-41(21-25)27-9-8-10-28(18-27)43-29-13-14-31-30-11-6-7-12-32(30)42(33(31)19-29)34-17-26(38)15-16-39-34;/h6-17,20-21H,1-5H3;/q-2;+2. The molecule has 0 saturated carbocycles. The number of ether oxygens (including phenoxy) is 1. The quantitative estimate of drug-likeness (QED) is 0.118. The molecule has 7 aromatic rings. The average molecular weight is 824 g/mol. The number of hydrogen-bond acceptors (Lipinski definition) is 5. The van der Waals surface area contributed by atoms with Crippen molar-refractivity contribution in [1.29, 1.82) is 0 Å². The molecule has 0 aliphatic heterocycles. The molecule has 232 valence electrons. The van der Waals surface area contributed by atoms with E-state index < -0.39 is 0 Å². The summed E-state index contributed by atoms with van der Waals surface area (Å²) in [5.41, 5.74) is 8.65. The second-order valence-electron chi connectivity index (χ2n) is 10.8. The fourth-order valence-corrected chi connectivity index (χ4v) is 7.72. The Kier molecular flexibility index (Phi) is 9.15. The van der Waals surface area contributed by atoms with E-state index in [9.17, 15) is 4.39 Å². The van der Waals surface area contributed by atoms with Crippen LogP contribution >= 0.6 is 23.5 Å². The van der Waals surface area contributed by atoms with Gasteiger partial charge in [0.1, 0.15) is 11.6 Å². The van der Waals surface area contributed by atoms with Crippen molar-refractivity contribution in [1.82, 2.24) is 19.3 Å². The average Bonchev–Trinajstić information content (AvgIpc) is 3.67. The number of rotatable bonds is 7. The molecule has 46 heavy (non-hydrogen) atoms. The number of aromatic nitrogens is 4. The maximum absolute atomic E-state index is 14.2. The van der Waals surface area contributed by atoms with E-state index in [1.165, 1.54) is 50.4 Å². The van der Waals surface area contributed by atoms with E-state index >= 15 is 0 Å². The van der Waals surface area contributed by atoms with Crippen molar-refractivity contribution in [2.45, 2.75) is 30.6 Å². The number of fused-ring (bicyclic) bond motifs is 3. The molecule has 4 aromatic carbocycles. The molecule has 3 heterocycles. The van der Waals surface area contributed by atoms with Gasteiger partial charge in [0.25, 0.3) is 0 Å². The van der Waals surface area contributed by atoms with Gasteiger partial charge in [-0.3, -0.25) is 4.68 Å². The third-order valence-corrected chi connectivity index (χ3v) is 10.1. The zero-order valence-electron chi connectivity index (χ0n) is 25.8. The van der Waals surface area contributed by atoms with Crippen LogP contribution in [-0.4, -0.2) is 31.8 Å². The Bertz CT molecular complexity index is 2210. The monoisotopic (exact) mass is 823 g/mol. The molecule has 0 amide bonds. The summed E-state index contributed by atoms with van der Waals surface area (Å²) in [4.78, 5) is 7.00. The molecule has 7 rings (SSSR count). The summed E-state index contributed by atoms with van der Waals surface area (Å²) in [6.45, 7) is 6.59. The Labute approximate surface area is 290 Å². The minimum absolute atomic E-state index is 0. The Morgan fingerprint density at radius 1 is 0.804 bits per heavy atom. The van der Waals surface area contributed by atoms with Gasteiger partial charge in [-0.25, -0.2) is 9.37 Å². The van der Waals surface area contributed by atoms with Crippen molar-refractivity contribution in [3.8, 4) is 34.1 Å². The molecule has 0 saturated heterocycles. The molecular formula is C37H29FN4OPtS2. The summed E-state index contributed by atoms with van der Waals surface area (Å²) in [5, 5.41) is 6.72. The van der Waals surface area contributed by atoms with E-state index in [2.05, 4.69) is 56.6 Å². The molecule has 0 fully saturated rings. The summed E-state index contributed by atoms with van der Waals surface area (Å²) in [6.07, 6.45) is 9.71. The first-order valence-electron chi connectivity index (χ1n) is 14.4. The van der Waals surface area contributed by atoms with Crippen molar-refractivity contribution >= 4 is 45.3 Å². The predicted molar refractivity (Wildman–Crippen MR) is 183 cm³/mol. The molecule has 0 aliphatic carbocycles. The van der Waals surface area contributed by atoms with Gasteiger partial charge in [-0.05, 0) is 73.2 Å². The second kappa shape index (κ2) is 13.1. The van der Waals surface area contributed by atoms with Crippen molar-refractivity contribution in [2.24, 2.45) is 0 Å². The zero-order chi connectivity index (χ0) is 31.2. The van der Waals surface area contributed by atoms with Crippen LogP contribution in [0.25, 0.3) is 44.4 Å². The van der Waals surface area contributed by atoms with Crippen molar-refractivity contribution in [3.05, 3.63) is 120 Å². The number of hydrogen-bond donors (Lipinski definition) is 0. The number of halogens is 1. The SMILES string of the molecule is CSc1c(C)c(C)c(C)c(SC)c1-c1cnn(-c2[c-]c(Oc3[c-]c4c(cc3)c3ccccc3n4-c3cc(F)ccn3)ccc2)c1.[Pt+2]. The van der Waals surface area contributed by atoms with Gasteiger partial charge in [-0.15, -0.1) is 59.2 Å². The Morgan fingerprint density at radius 3 is 2.28 bits per heavy atom. The maximum Gasteiger partial charge on any atom is 2.00 e. The number of thioether (sulfide) groups is 2. The van der Waals surface area contributed by atoms with Crippen molar-refractivity contribution < 1.29 is 30.2 Å². The fourth-order valence-electron chi connectivity index (χ4n) is 5.89. The summed E-state index contributed by atoms with van der Waals surface area (Å²) < 4.78 is 24.3. The molecule has 9 heteroatoms. The van der Waals surface area contributed by atoms with Crippen molar-refractivity contribution in [3.63, 3.8) is 0 Å². The van der Waals surface area contributed by atoms with Crippen LogP contribution in [0, 0.1) is 38.7 Å². The van der Waals surface area contributed by atoms with Crippen LogP contribution in [0.1, 0.15) is 16.7 Å². The molecular weight excluding hydrogens is 795 g/mol. The van der Waals surface area contributed by atoms with E-state index in [0.717, 1.165) is 33.1 Å². The molecule has 3 aromatic heterocycles. The van der Waals surface area contributed by atoms with Gasteiger partial charge in [0.05, 0.1) is 6.20 Å². The molecule has 0 aliphatic rings. The number of para-hydroxylation sites is 1. The Hall–Kier alpha value is -3.84. The molecule has 0 spiro atoms. The number of nitrogens with zero attached hydrogens (tertiary/aromatic N) is 4. The molecule has 5 nitrogen and oxygen atoms in total. The van der Waals surface area contributed by atoms with Gasteiger partial charge in [-0.2, -0.15) is 17.2 Å². The van der Waals surface area contributed by atoms with E-state index in [1.54, 1.807) is 23.5 Å². The second-order valence-corrected chi connectivity index (χ2v) is 12.4. The third-order valence-electron chi connectivity index (χ3n) is 8.25. The smallest absolute Gasteiger partial charge is 0.509 e. The first-order valence-corrected chi connectivity index (χ1v) is 16.9. The summed E-state index contributed by atoms with van der Waals surface area (Å²) in [6, 6.07) is 27.2. The largest absolute Gasteiger partial charge is 2.00 e. The van der Waals surface area contributed by atoms with Crippen LogP contribution in [0.15, 0.2) is 95.1 Å². The van der Waals surface area contributed by atoms with Gasteiger partial charge in [-0.1, -0.05) is 23.7 Å². The minimum Gasteiger partial charge on any atom is -0.509 e. The van der Waals surface area contributed by atoms with Crippen molar-refractivity contribution in [2.75, 3.05) is 12.5 Å². The third kappa shape index (κ3) is 5.57. The van der Waals surface area contributed by atoms with Crippen LogP contribution in [-0.2, 0) is 21.1 Å². The van der Waals surface area contributed by atoms with E-state index in [1.807, 2.05) is 70.0 Å². The topological polar surface area (TPSA) is 44.9 Å². The fraction of sp³-hybridized carbons (Fsp3) is 0.135. The molecule has 0 radical (unpaired) electrons. The predicted octanol–water partition coefficient (Wildman–Crippen LogP) is 9.93. The zero-order valence-corrected chi connectivity index (χ0v) is 29.7. The van der Waals surface area contributed by atoms with Crippen LogP contribution in [0.4, 0.5) is 4.39 Å². The van der Waals surface area contributed by atoms with Crippen LogP contribution in [0.2, 0.25) is 0 Å².